The second-order valence-corrected chi connectivity index (χ2v) is 1.86. The Balaban J connectivity index is 4.11. The third kappa shape index (κ3) is 3.20. The van der Waals surface area contributed by atoms with Gasteiger partial charge in [-0.05, 0) is 7.05 Å². The van der Waals surface area contributed by atoms with Gasteiger partial charge < -0.3 is 5.32 Å². The van der Waals surface area contributed by atoms with Crippen LogP contribution >= 0.6 is 0 Å². The van der Waals surface area contributed by atoms with E-state index < -0.39 is 5.83 Å². The number of hydrogen-bond acceptors (Lipinski definition) is 1. The lowest BCUT2D eigenvalue weighted by Gasteiger charge is -2.00. The molecule has 0 atom stereocenters. The summed E-state index contributed by atoms with van der Waals surface area (Å²) in [6.45, 7) is 7.11. The zero-order chi connectivity index (χ0) is 7.98. The highest BCUT2D eigenvalue weighted by Gasteiger charge is 1.96. The van der Waals surface area contributed by atoms with Gasteiger partial charge in [0.15, 0.2) is 0 Å². The van der Waals surface area contributed by atoms with Crippen LogP contribution in [0.2, 0.25) is 0 Å². The molecule has 0 rings (SSSR count). The largest absolute Gasteiger partial charge is 0.316 e. The number of halogens is 1. The zero-order valence-electron chi connectivity index (χ0n) is 6.15. The van der Waals surface area contributed by atoms with E-state index in [0.29, 0.717) is 12.1 Å². The molecule has 10 heavy (non-hydrogen) atoms. The average Bonchev–Trinajstić information content (AvgIpc) is 1.87. The summed E-state index contributed by atoms with van der Waals surface area (Å²) in [6.07, 6.45) is 3.14. The van der Waals surface area contributed by atoms with Crippen molar-refractivity contribution >= 4 is 0 Å². The van der Waals surface area contributed by atoms with Gasteiger partial charge in [0.1, 0.15) is 5.83 Å². The Morgan fingerprint density at radius 3 is 2.60 bits per heavy atom. The molecule has 0 aliphatic rings. The average molecular weight is 141 g/mol. The first-order valence-electron chi connectivity index (χ1n) is 3.03. The van der Waals surface area contributed by atoms with Crippen LogP contribution in [0.15, 0.2) is 36.7 Å². The van der Waals surface area contributed by atoms with Crippen LogP contribution in [0.3, 0.4) is 0 Å². The molecule has 2 heteroatoms. The second kappa shape index (κ2) is 4.94. The third-order valence-electron chi connectivity index (χ3n) is 1.03. The van der Waals surface area contributed by atoms with Crippen molar-refractivity contribution in [3.63, 3.8) is 0 Å². The maximum absolute atomic E-state index is 12.4. The highest BCUT2D eigenvalue weighted by Crippen LogP contribution is 2.06. The normalized spacial score (nSPS) is 11.2. The summed E-state index contributed by atoms with van der Waals surface area (Å²) in [7, 11) is 1.75. The van der Waals surface area contributed by atoms with Gasteiger partial charge in [0.25, 0.3) is 0 Å². The molecule has 0 bridgehead atoms. The second-order valence-electron chi connectivity index (χ2n) is 1.86. The molecule has 0 saturated heterocycles. The number of nitrogens with one attached hydrogen (secondary N) is 1. The highest BCUT2D eigenvalue weighted by atomic mass is 19.1. The zero-order valence-corrected chi connectivity index (χ0v) is 6.15. The van der Waals surface area contributed by atoms with E-state index in [1.54, 1.807) is 13.1 Å². The minimum atomic E-state index is -0.408. The lowest BCUT2D eigenvalue weighted by Crippen LogP contribution is -2.10. The molecule has 0 aromatic heterocycles. The van der Waals surface area contributed by atoms with Gasteiger partial charge in [-0.2, -0.15) is 0 Å². The Morgan fingerprint density at radius 1 is 1.70 bits per heavy atom. The molecule has 0 aromatic rings. The molecule has 56 valence electrons. The fourth-order valence-electron chi connectivity index (χ4n) is 0.578. The van der Waals surface area contributed by atoms with Crippen LogP contribution in [0, 0.1) is 0 Å². The maximum atomic E-state index is 12.4. The highest BCUT2D eigenvalue weighted by molar-refractivity contribution is 5.27. The Hall–Kier alpha value is -0.890. The minimum absolute atomic E-state index is 0.408. The molecule has 0 heterocycles. The third-order valence-corrected chi connectivity index (χ3v) is 1.03. The van der Waals surface area contributed by atoms with E-state index in [9.17, 15) is 4.39 Å². The van der Waals surface area contributed by atoms with Crippen LogP contribution in [0.4, 0.5) is 4.39 Å². The Morgan fingerprint density at radius 2 is 2.30 bits per heavy atom. The van der Waals surface area contributed by atoms with Gasteiger partial charge in [0, 0.05) is 12.1 Å². The van der Waals surface area contributed by atoms with Gasteiger partial charge in [-0.1, -0.05) is 25.3 Å². The molecule has 0 fully saturated rings. The number of rotatable bonds is 4. The summed E-state index contributed by atoms with van der Waals surface area (Å²) in [4.78, 5) is 0. The van der Waals surface area contributed by atoms with E-state index in [0.717, 1.165) is 0 Å². The molecule has 0 unspecified atom stereocenters. The van der Waals surface area contributed by atoms with Crippen molar-refractivity contribution in [2.24, 2.45) is 0 Å². The van der Waals surface area contributed by atoms with E-state index in [-0.39, 0.29) is 0 Å². The molecule has 0 amide bonds. The molecule has 0 spiro atoms. The van der Waals surface area contributed by atoms with E-state index in [1.165, 1.54) is 6.08 Å². The number of hydrogen-bond donors (Lipinski definition) is 1. The van der Waals surface area contributed by atoms with Crippen molar-refractivity contribution in [3.05, 3.63) is 36.7 Å². The van der Waals surface area contributed by atoms with Crippen molar-refractivity contribution in [1.29, 1.82) is 0 Å². The molecule has 0 radical (unpaired) electrons. The van der Waals surface area contributed by atoms with Gasteiger partial charge in [0.2, 0.25) is 0 Å². The topological polar surface area (TPSA) is 12.0 Å². The summed E-state index contributed by atoms with van der Waals surface area (Å²) in [5.74, 6) is -0.408. The van der Waals surface area contributed by atoms with Crippen LogP contribution in [0.5, 0.6) is 0 Å². The van der Waals surface area contributed by atoms with Crippen LogP contribution in [0.25, 0.3) is 0 Å². The first-order valence-corrected chi connectivity index (χ1v) is 3.03. The molecule has 0 aromatic carbocycles. The minimum Gasteiger partial charge on any atom is -0.316 e. The molecule has 1 N–H and O–H groups in total. The monoisotopic (exact) mass is 141 g/mol. The quantitative estimate of drug-likeness (QED) is 0.589. The summed E-state index contributed by atoms with van der Waals surface area (Å²) >= 11 is 0. The lowest BCUT2D eigenvalue weighted by atomic mass is 10.2. The van der Waals surface area contributed by atoms with Crippen molar-refractivity contribution < 1.29 is 4.39 Å². The predicted octanol–water partition coefficient (Wildman–Crippen LogP) is 1.80. The van der Waals surface area contributed by atoms with E-state index in [1.807, 2.05) is 0 Å². The molecular weight excluding hydrogens is 129 g/mol. The van der Waals surface area contributed by atoms with Gasteiger partial charge in [-0.15, -0.1) is 0 Å². The SMILES string of the molecule is C=C/C=C(/CNC)C(=C)F. The van der Waals surface area contributed by atoms with Crippen LogP contribution in [-0.4, -0.2) is 13.6 Å². The molecule has 0 aliphatic heterocycles. The summed E-state index contributed by atoms with van der Waals surface area (Å²) in [6, 6.07) is 0. The number of likely N-dealkylation sites (N-methyl/N-ethyl adjacent to an activating group) is 1. The molecule has 0 saturated carbocycles. The summed E-state index contributed by atoms with van der Waals surface area (Å²) < 4.78 is 12.4. The Bertz CT molecular complexity index is 159. The summed E-state index contributed by atoms with van der Waals surface area (Å²) in [5, 5.41) is 2.82. The van der Waals surface area contributed by atoms with Crippen LogP contribution in [-0.2, 0) is 0 Å². The van der Waals surface area contributed by atoms with Crippen LogP contribution < -0.4 is 5.32 Å². The van der Waals surface area contributed by atoms with Crippen molar-refractivity contribution in [1.82, 2.24) is 5.32 Å². The van der Waals surface area contributed by atoms with Crippen molar-refractivity contribution in [2.45, 2.75) is 0 Å². The van der Waals surface area contributed by atoms with Gasteiger partial charge >= 0.3 is 0 Å². The predicted molar refractivity (Wildman–Crippen MR) is 42.5 cm³/mol. The van der Waals surface area contributed by atoms with Gasteiger partial charge in [0.05, 0.1) is 0 Å². The Labute approximate surface area is 60.9 Å². The molecule has 0 aliphatic carbocycles. The van der Waals surface area contributed by atoms with Crippen molar-refractivity contribution in [3.8, 4) is 0 Å². The fourth-order valence-corrected chi connectivity index (χ4v) is 0.578. The van der Waals surface area contributed by atoms with Gasteiger partial charge in [-0.25, -0.2) is 4.39 Å². The van der Waals surface area contributed by atoms with E-state index >= 15 is 0 Å². The molecule has 1 nitrogen and oxygen atoms in total. The first-order chi connectivity index (χ1) is 4.72. The van der Waals surface area contributed by atoms with Crippen LogP contribution in [0.1, 0.15) is 0 Å². The number of allylic oxidation sites excluding steroid dienone is 2. The standard InChI is InChI=1S/C8H12FN/c1-4-5-8(6-10-3)7(2)9/h4-5,10H,1-2,6H2,3H3/b8-5-. The first kappa shape index (κ1) is 9.11. The lowest BCUT2D eigenvalue weighted by molar-refractivity contribution is 0.642. The molecular formula is C8H12FN. The van der Waals surface area contributed by atoms with Gasteiger partial charge in [-0.3, -0.25) is 0 Å². The van der Waals surface area contributed by atoms with E-state index in [4.69, 9.17) is 0 Å². The fraction of sp³-hybridized carbons (Fsp3) is 0.250. The van der Waals surface area contributed by atoms with Crippen molar-refractivity contribution in [2.75, 3.05) is 13.6 Å². The smallest absolute Gasteiger partial charge is 0.120 e. The maximum Gasteiger partial charge on any atom is 0.120 e. The van der Waals surface area contributed by atoms with E-state index in [2.05, 4.69) is 18.5 Å². The Kier molecular flexibility index (Phi) is 4.50. The summed E-state index contributed by atoms with van der Waals surface area (Å²) in [5.41, 5.74) is 0.539.